The highest BCUT2D eigenvalue weighted by Gasteiger charge is 2.17. The normalized spacial score (nSPS) is 11.1. The number of hydrogen-bond donors (Lipinski definition) is 0. The molecule has 0 bridgehead atoms. The zero-order valence-corrected chi connectivity index (χ0v) is 21.6. The van der Waals surface area contributed by atoms with E-state index in [0.717, 1.165) is 39.3 Å². The Labute approximate surface area is 221 Å². The van der Waals surface area contributed by atoms with E-state index in [4.69, 9.17) is 11.6 Å². The molecule has 2 nitrogen and oxygen atoms in total. The summed E-state index contributed by atoms with van der Waals surface area (Å²) in [5.74, 6) is 0. The average Bonchev–Trinajstić information content (AvgIpc) is 2.86. The van der Waals surface area contributed by atoms with E-state index in [1.54, 1.807) is 0 Å². The molecular formula is C31H34Cl2N2. The first-order valence-corrected chi connectivity index (χ1v) is 12.4. The first-order valence-electron chi connectivity index (χ1n) is 12.0. The maximum absolute atomic E-state index is 7.05. The molecule has 35 heavy (non-hydrogen) atoms. The van der Waals surface area contributed by atoms with Crippen LogP contribution in [0.25, 0.3) is 0 Å². The monoisotopic (exact) mass is 504 g/mol. The summed E-state index contributed by atoms with van der Waals surface area (Å²) in [5, 5.41) is 0.0137. The smallest absolute Gasteiger partial charge is 0.0590 e. The highest BCUT2D eigenvalue weighted by atomic mass is 35.5. The molecule has 0 aliphatic rings. The molecule has 4 rings (SSSR count). The third kappa shape index (κ3) is 9.51. The molecule has 0 spiro atoms. The van der Waals surface area contributed by atoms with Gasteiger partial charge in [0.15, 0.2) is 0 Å². The van der Waals surface area contributed by atoms with Crippen LogP contribution >= 0.6 is 24.0 Å². The van der Waals surface area contributed by atoms with Crippen molar-refractivity contribution >= 4 is 24.0 Å². The summed E-state index contributed by atoms with van der Waals surface area (Å²) in [4.78, 5) is 4.93. The third-order valence-electron chi connectivity index (χ3n) is 5.91. The van der Waals surface area contributed by atoms with E-state index in [2.05, 4.69) is 131 Å². The minimum atomic E-state index is 0. The molecule has 0 amide bonds. The summed E-state index contributed by atoms with van der Waals surface area (Å²) in [5.41, 5.74) is 5.25. The lowest BCUT2D eigenvalue weighted by Crippen LogP contribution is -2.37. The molecule has 0 saturated heterocycles. The number of alkyl halides is 1. The third-order valence-corrected chi connectivity index (χ3v) is 6.18. The van der Waals surface area contributed by atoms with Gasteiger partial charge in [0.25, 0.3) is 0 Å². The van der Waals surface area contributed by atoms with Crippen LogP contribution in [0, 0.1) is 0 Å². The van der Waals surface area contributed by atoms with E-state index >= 15 is 0 Å². The fourth-order valence-electron chi connectivity index (χ4n) is 4.35. The second-order valence-corrected chi connectivity index (χ2v) is 9.50. The summed E-state index contributed by atoms with van der Waals surface area (Å²) in [6, 6.07) is 42.7. The van der Waals surface area contributed by atoms with Crippen molar-refractivity contribution in [2.75, 3.05) is 13.1 Å². The van der Waals surface area contributed by atoms with Gasteiger partial charge in [0, 0.05) is 39.3 Å². The van der Waals surface area contributed by atoms with Gasteiger partial charge in [-0.1, -0.05) is 121 Å². The Morgan fingerprint density at radius 3 is 0.886 bits per heavy atom. The zero-order chi connectivity index (χ0) is 23.4. The van der Waals surface area contributed by atoms with Gasteiger partial charge in [-0.25, -0.2) is 0 Å². The van der Waals surface area contributed by atoms with E-state index in [1.165, 1.54) is 22.3 Å². The quantitative estimate of drug-likeness (QED) is 0.185. The molecule has 4 aromatic rings. The highest BCUT2D eigenvalue weighted by Crippen LogP contribution is 2.16. The van der Waals surface area contributed by atoms with Crippen LogP contribution in [0.4, 0.5) is 0 Å². The first-order chi connectivity index (χ1) is 16.7. The molecular weight excluding hydrogens is 471 g/mol. The SMILES string of the molecule is Cl.ClC(CN(Cc1ccccc1)Cc1ccccc1)CN(Cc1ccccc1)Cc1ccccc1. The molecule has 0 aliphatic heterocycles. The minimum Gasteiger partial charge on any atom is -0.293 e. The lowest BCUT2D eigenvalue weighted by atomic mass is 10.1. The van der Waals surface area contributed by atoms with Crippen LogP contribution in [-0.2, 0) is 26.2 Å². The van der Waals surface area contributed by atoms with Gasteiger partial charge in [-0.2, -0.15) is 0 Å². The minimum absolute atomic E-state index is 0. The summed E-state index contributed by atoms with van der Waals surface area (Å²) in [6.07, 6.45) is 0. The van der Waals surface area contributed by atoms with Gasteiger partial charge in [0.05, 0.1) is 5.38 Å². The van der Waals surface area contributed by atoms with Crippen molar-refractivity contribution in [1.82, 2.24) is 9.80 Å². The van der Waals surface area contributed by atoms with Gasteiger partial charge >= 0.3 is 0 Å². The van der Waals surface area contributed by atoms with Gasteiger partial charge in [-0.3, -0.25) is 9.80 Å². The molecule has 0 fully saturated rings. The largest absolute Gasteiger partial charge is 0.293 e. The molecule has 0 heterocycles. The van der Waals surface area contributed by atoms with Crippen molar-refractivity contribution in [2.45, 2.75) is 31.6 Å². The molecule has 182 valence electrons. The molecule has 4 aromatic carbocycles. The van der Waals surface area contributed by atoms with Crippen molar-refractivity contribution in [3.8, 4) is 0 Å². The highest BCUT2D eigenvalue weighted by molar-refractivity contribution is 6.21. The lowest BCUT2D eigenvalue weighted by molar-refractivity contribution is 0.210. The van der Waals surface area contributed by atoms with Crippen LogP contribution < -0.4 is 0 Å². The Hall–Kier alpha value is -2.62. The van der Waals surface area contributed by atoms with E-state index < -0.39 is 0 Å². The van der Waals surface area contributed by atoms with Crippen molar-refractivity contribution in [1.29, 1.82) is 0 Å². The predicted octanol–water partition coefficient (Wildman–Crippen LogP) is 7.42. The molecule has 0 N–H and O–H groups in total. The van der Waals surface area contributed by atoms with Crippen LogP contribution in [-0.4, -0.2) is 28.3 Å². The van der Waals surface area contributed by atoms with Crippen LogP contribution in [0.5, 0.6) is 0 Å². The maximum atomic E-state index is 7.05. The molecule has 0 atom stereocenters. The Morgan fingerprint density at radius 2 is 0.657 bits per heavy atom. The van der Waals surface area contributed by atoms with Gasteiger partial charge in [0.1, 0.15) is 0 Å². The van der Waals surface area contributed by atoms with E-state index in [9.17, 15) is 0 Å². The second kappa shape index (κ2) is 14.7. The Morgan fingerprint density at radius 1 is 0.429 bits per heavy atom. The summed E-state index contributed by atoms with van der Waals surface area (Å²) >= 11 is 7.05. The summed E-state index contributed by atoms with van der Waals surface area (Å²) in [6.45, 7) is 5.19. The van der Waals surface area contributed by atoms with Crippen molar-refractivity contribution < 1.29 is 0 Å². The van der Waals surface area contributed by atoms with Crippen LogP contribution in [0.2, 0.25) is 0 Å². The molecule has 0 aromatic heterocycles. The van der Waals surface area contributed by atoms with Crippen LogP contribution in [0.15, 0.2) is 121 Å². The summed E-state index contributed by atoms with van der Waals surface area (Å²) < 4.78 is 0. The second-order valence-electron chi connectivity index (χ2n) is 8.88. The Kier molecular flexibility index (Phi) is 11.3. The molecule has 0 aliphatic carbocycles. The Bertz CT molecular complexity index is 904. The number of rotatable bonds is 12. The number of hydrogen-bond acceptors (Lipinski definition) is 2. The fraction of sp³-hybridized carbons (Fsp3) is 0.226. The lowest BCUT2D eigenvalue weighted by Gasteiger charge is -2.29. The van der Waals surface area contributed by atoms with Gasteiger partial charge < -0.3 is 0 Å². The van der Waals surface area contributed by atoms with E-state index in [0.29, 0.717) is 0 Å². The fourth-order valence-corrected chi connectivity index (χ4v) is 4.74. The molecule has 0 radical (unpaired) electrons. The number of benzene rings is 4. The molecule has 0 unspecified atom stereocenters. The van der Waals surface area contributed by atoms with Crippen LogP contribution in [0.1, 0.15) is 22.3 Å². The predicted molar refractivity (Wildman–Crippen MR) is 151 cm³/mol. The topological polar surface area (TPSA) is 6.48 Å². The molecule has 4 heteroatoms. The van der Waals surface area contributed by atoms with E-state index in [-0.39, 0.29) is 17.8 Å². The number of halogens is 2. The van der Waals surface area contributed by atoms with Crippen LogP contribution in [0.3, 0.4) is 0 Å². The van der Waals surface area contributed by atoms with Gasteiger partial charge in [0.2, 0.25) is 0 Å². The van der Waals surface area contributed by atoms with Crippen molar-refractivity contribution in [2.24, 2.45) is 0 Å². The summed E-state index contributed by atoms with van der Waals surface area (Å²) in [7, 11) is 0. The van der Waals surface area contributed by atoms with Gasteiger partial charge in [-0.05, 0) is 22.3 Å². The zero-order valence-electron chi connectivity index (χ0n) is 20.0. The first kappa shape index (κ1) is 27.0. The van der Waals surface area contributed by atoms with Crippen molar-refractivity contribution in [3.63, 3.8) is 0 Å². The standard InChI is InChI=1S/C31H33ClN2.ClH/c32-31(25-33(21-27-13-5-1-6-14-27)22-28-15-7-2-8-16-28)26-34(23-29-17-9-3-10-18-29)24-30-19-11-4-12-20-30;/h1-20,31H,21-26H2;1H. The van der Waals surface area contributed by atoms with Crippen molar-refractivity contribution in [3.05, 3.63) is 144 Å². The Balaban J connectivity index is 0.00000342. The number of nitrogens with zero attached hydrogens (tertiary/aromatic N) is 2. The van der Waals surface area contributed by atoms with Gasteiger partial charge in [-0.15, -0.1) is 24.0 Å². The van der Waals surface area contributed by atoms with E-state index in [1.807, 2.05) is 0 Å². The maximum Gasteiger partial charge on any atom is 0.0590 e. The molecule has 0 saturated carbocycles. The average molecular weight is 506 g/mol.